The molecule has 4 N–H and O–H groups in total. The first-order chi connectivity index (χ1) is 25.5. The molecule has 11 nitrogen and oxygen atoms in total. The summed E-state index contributed by atoms with van der Waals surface area (Å²) in [6.07, 6.45) is 1.36. The monoisotopic (exact) mass is 750 g/mol. The lowest BCUT2D eigenvalue weighted by Crippen LogP contribution is -2.62. The number of fused-ring (bicyclic) bond motifs is 2. The average Bonchev–Trinajstić information content (AvgIpc) is 3.47. The Balaban J connectivity index is 1.47. The van der Waals surface area contributed by atoms with E-state index in [1.165, 1.54) is 6.42 Å². The molecule has 11 heteroatoms. The third-order valence-electron chi connectivity index (χ3n) is 12.5. The number of hydrogen-bond donors (Lipinski definition) is 4. The van der Waals surface area contributed by atoms with Gasteiger partial charge < -0.3 is 35.4 Å². The van der Waals surface area contributed by atoms with E-state index in [0.29, 0.717) is 41.6 Å². The van der Waals surface area contributed by atoms with Crippen molar-refractivity contribution in [2.75, 3.05) is 52.8 Å². The molecule has 3 saturated carbocycles. The van der Waals surface area contributed by atoms with E-state index in [1.807, 2.05) is 70.3 Å². The van der Waals surface area contributed by atoms with Crippen LogP contribution in [-0.4, -0.2) is 110 Å². The number of para-hydroxylation sites is 1. The minimum atomic E-state index is -0.895. The Labute approximate surface area is 323 Å². The number of amides is 2. The fourth-order valence-electron chi connectivity index (χ4n) is 9.52. The fourth-order valence-corrected chi connectivity index (χ4v) is 9.52. The average molecular weight is 750 g/mol. The van der Waals surface area contributed by atoms with Crippen molar-refractivity contribution in [1.29, 1.82) is 0 Å². The van der Waals surface area contributed by atoms with Crippen molar-refractivity contribution < 1.29 is 29.4 Å². The first-order valence-electron chi connectivity index (χ1n) is 20.0. The first kappa shape index (κ1) is 41.9. The van der Waals surface area contributed by atoms with Crippen molar-refractivity contribution in [2.45, 2.75) is 105 Å². The van der Waals surface area contributed by atoms with Gasteiger partial charge >= 0.3 is 0 Å². The molecule has 1 heterocycles. The smallest absolute Gasteiger partial charge is 0.251 e. The lowest BCUT2D eigenvalue weighted by atomic mass is 9.45. The summed E-state index contributed by atoms with van der Waals surface area (Å²) in [7, 11) is 7.95. The molecule has 2 amide bonds. The van der Waals surface area contributed by atoms with Crippen molar-refractivity contribution in [1.82, 2.24) is 20.6 Å². The maximum Gasteiger partial charge on any atom is 0.251 e. The zero-order valence-corrected chi connectivity index (χ0v) is 34.6. The summed E-state index contributed by atoms with van der Waals surface area (Å²) in [5.74, 6) is 1.56. The summed E-state index contributed by atoms with van der Waals surface area (Å²) in [5.41, 5.74) is 4.13. The number of benzene rings is 2. The molecule has 4 aliphatic rings. The summed E-state index contributed by atoms with van der Waals surface area (Å²) in [5, 5.41) is 29.7. The van der Waals surface area contributed by atoms with E-state index in [2.05, 4.69) is 56.2 Å². The number of hydroxylamine groups is 2. The van der Waals surface area contributed by atoms with Gasteiger partial charge in [-0.1, -0.05) is 52.8 Å². The maximum atomic E-state index is 14.3. The number of likely N-dealkylation sites (N-methyl/N-ethyl adjacent to an activating group) is 1. The number of nitrogens with zero attached hydrogens (tertiary/aromatic N) is 3. The second-order valence-corrected chi connectivity index (χ2v) is 17.7. The number of anilines is 1. The summed E-state index contributed by atoms with van der Waals surface area (Å²) in [4.78, 5) is 38.6. The van der Waals surface area contributed by atoms with Crippen LogP contribution >= 0.6 is 0 Å². The molecule has 0 aromatic heterocycles. The third kappa shape index (κ3) is 8.91. The minimum Gasteiger partial charge on any atom is -0.493 e. The van der Waals surface area contributed by atoms with E-state index in [-0.39, 0.29) is 42.5 Å². The standard InChI is InChI=1S/C43H67N5O6/c1-12-53-40-28(14-13-15-34(40)29-17-30(19-33(18-29)47(10)11)41(51)44-32(16-25(2)3)23-46(8)9)22-48-39(38(27(5)50)37(24-49)54-48)42(52)45-36-21-31-20-35(26(36)4)43(31,6)7/h13-15,17-19,25-27,31-32,35-39,49-50H,12,16,20-24H2,1-11H3,(H,44,51)(H,45,52)/t26-,27-,31+,32+,35+,36-,37-,38+,39-/m0/s1. The number of carbonyl (C=O) groups excluding carboxylic acids is 2. The van der Waals surface area contributed by atoms with E-state index < -0.39 is 24.2 Å². The Morgan fingerprint density at radius 1 is 1.09 bits per heavy atom. The predicted octanol–water partition coefficient (Wildman–Crippen LogP) is 5.19. The number of hydrogen-bond acceptors (Lipinski definition) is 9. The van der Waals surface area contributed by atoms with Crippen LogP contribution in [0.4, 0.5) is 5.69 Å². The number of rotatable bonds is 16. The van der Waals surface area contributed by atoms with Crippen LogP contribution in [0.1, 0.15) is 83.7 Å². The summed E-state index contributed by atoms with van der Waals surface area (Å²) < 4.78 is 6.38. The highest BCUT2D eigenvalue weighted by Gasteiger charge is 2.57. The van der Waals surface area contributed by atoms with Crippen LogP contribution in [0.2, 0.25) is 0 Å². The van der Waals surface area contributed by atoms with Gasteiger partial charge in [-0.3, -0.25) is 14.4 Å². The SMILES string of the molecule is CCOc1c(CN2O[C@@H](CO)[C@@H]([C@H](C)O)[C@H]2C(=O)N[C@H]2C[C@H]3C[C@H]([C@@H]2C)C3(C)C)cccc1-c1cc(C(=O)N[C@H](CC(C)C)CN(C)C)cc(N(C)C)c1. The second kappa shape index (κ2) is 17.3. The van der Waals surface area contributed by atoms with Crippen molar-refractivity contribution in [3.8, 4) is 16.9 Å². The number of carbonyl (C=O) groups is 2. The molecule has 2 aromatic rings. The Bertz CT molecular complexity index is 1600. The van der Waals surface area contributed by atoms with E-state index >= 15 is 0 Å². The van der Waals surface area contributed by atoms with E-state index in [4.69, 9.17) is 9.57 Å². The Morgan fingerprint density at radius 3 is 2.39 bits per heavy atom. The molecule has 1 aliphatic heterocycles. The van der Waals surface area contributed by atoms with Crippen LogP contribution < -0.4 is 20.3 Å². The maximum absolute atomic E-state index is 14.3. The molecular formula is C43H67N5O6. The largest absolute Gasteiger partial charge is 0.493 e. The molecular weight excluding hydrogens is 683 g/mol. The van der Waals surface area contributed by atoms with Gasteiger partial charge in [-0.15, -0.1) is 0 Å². The van der Waals surface area contributed by atoms with Gasteiger partial charge in [-0.25, -0.2) is 0 Å². The molecule has 300 valence electrons. The van der Waals surface area contributed by atoms with Gasteiger partial charge in [0.15, 0.2) is 0 Å². The number of ether oxygens (including phenoxy) is 1. The highest BCUT2D eigenvalue weighted by molar-refractivity contribution is 5.97. The summed E-state index contributed by atoms with van der Waals surface area (Å²) >= 11 is 0. The van der Waals surface area contributed by atoms with Crippen molar-refractivity contribution in [2.24, 2.45) is 35.0 Å². The molecule has 0 radical (unpaired) electrons. The summed E-state index contributed by atoms with van der Waals surface area (Å²) in [6, 6.07) is 11.0. The Morgan fingerprint density at radius 2 is 1.81 bits per heavy atom. The molecule has 3 aliphatic carbocycles. The molecule has 1 saturated heterocycles. The molecule has 0 spiro atoms. The van der Waals surface area contributed by atoms with Crippen molar-refractivity contribution >= 4 is 17.5 Å². The van der Waals surface area contributed by atoms with Crippen LogP contribution in [0.5, 0.6) is 5.75 Å². The van der Waals surface area contributed by atoms with E-state index in [1.54, 1.807) is 12.0 Å². The van der Waals surface area contributed by atoms with Crippen LogP contribution in [-0.2, 0) is 16.2 Å². The number of aliphatic hydroxyl groups is 2. The predicted molar refractivity (Wildman–Crippen MR) is 214 cm³/mol. The van der Waals surface area contributed by atoms with Gasteiger partial charge in [-0.2, -0.15) is 5.06 Å². The Hall–Kier alpha value is -3.22. The van der Waals surface area contributed by atoms with Crippen molar-refractivity contribution in [3.63, 3.8) is 0 Å². The fraction of sp³-hybridized carbons (Fsp3) is 0.674. The molecule has 2 bridgehead atoms. The third-order valence-corrected chi connectivity index (χ3v) is 12.5. The van der Waals surface area contributed by atoms with E-state index in [0.717, 1.165) is 41.8 Å². The molecule has 0 unspecified atom stereocenters. The van der Waals surface area contributed by atoms with Gasteiger partial charge in [-0.05, 0) is 100 Å². The number of nitrogens with one attached hydrogen (secondary N) is 2. The highest BCUT2D eigenvalue weighted by atomic mass is 16.7. The van der Waals surface area contributed by atoms with Gasteiger partial charge in [0.2, 0.25) is 5.91 Å². The lowest BCUT2D eigenvalue weighted by molar-refractivity contribution is -0.183. The van der Waals surface area contributed by atoms with Crippen LogP contribution in [0, 0.1) is 35.0 Å². The topological polar surface area (TPSA) is 127 Å². The number of aliphatic hydroxyl groups excluding tert-OH is 2. The molecule has 54 heavy (non-hydrogen) atoms. The van der Waals surface area contributed by atoms with E-state index in [9.17, 15) is 19.8 Å². The molecule has 4 fully saturated rings. The zero-order chi connectivity index (χ0) is 39.6. The van der Waals surface area contributed by atoms with Crippen LogP contribution in [0.3, 0.4) is 0 Å². The highest BCUT2D eigenvalue weighted by Crippen LogP contribution is 2.61. The van der Waals surface area contributed by atoms with Gasteiger partial charge in [0.05, 0.1) is 25.9 Å². The quantitative estimate of drug-likeness (QED) is 0.184. The van der Waals surface area contributed by atoms with Gasteiger partial charge in [0.1, 0.15) is 17.9 Å². The normalized spacial score (nSPS) is 27.4. The Kier molecular flexibility index (Phi) is 13.4. The lowest BCUT2D eigenvalue weighted by Gasteiger charge is -2.62. The first-order valence-corrected chi connectivity index (χ1v) is 20.0. The van der Waals surface area contributed by atoms with Crippen LogP contribution in [0.15, 0.2) is 36.4 Å². The van der Waals surface area contributed by atoms with Gasteiger partial charge in [0, 0.05) is 61.0 Å². The van der Waals surface area contributed by atoms with Crippen LogP contribution in [0.25, 0.3) is 11.1 Å². The molecule has 6 rings (SSSR count). The molecule has 9 atom stereocenters. The van der Waals surface area contributed by atoms with Crippen molar-refractivity contribution in [3.05, 3.63) is 47.5 Å². The minimum absolute atomic E-state index is 0.000968. The molecule has 2 aromatic carbocycles. The zero-order valence-electron chi connectivity index (χ0n) is 34.6. The second-order valence-electron chi connectivity index (χ2n) is 17.7. The van der Waals surface area contributed by atoms with Gasteiger partial charge in [0.25, 0.3) is 5.91 Å². The summed E-state index contributed by atoms with van der Waals surface area (Å²) in [6.45, 7) is 15.8.